The van der Waals surface area contributed by atoms with Crippen LogP contribution in [-0.4, -0.2) is 42.0 Å². The summed E-state index contributed by atoms with van der Waals surface area (Å²) in [4.78, 5) is 26.1. The van der Waals surface area contributed by atoms with E-state index in [4.69, 9.17) is 9.47 Å². The molecule has 1 fully saturated rings. The van der Waals surface area contributed by atoms with Crippen molar-refractivity contribution in [2.45, 2.75) is 76.8 Å². The van der Waals surface area contributed by atoms with E-state index >= 15 is 0 Å². The van der Waals surface area contributed by atoms with E-state index in [1.165, 1.54) is 25.3 Å². The lowest BCUT2D eigenvalue weighted by Gasteiger charge is -2.31. The molecule has 0 aromatic heterocycles. The summed E-state index contributed by atoms with van der Waals surface area (Å²) < 4.78 is 11.3. The first-order valence-electron chi connectivity index (χ1n) is 12.5. The topological polar surface area (TPSA) is 93.9 Å². The first-order valence-corrected chi connectivity index (χ1v) is 12.5. The van der Waals surface area contributed by atoms with Crippen molar-refractivity contribution < 1.29 is 19.2 Å². The Labute approximate surface area is 207 Å². The Bertz CT molecular complexity index is 991. The molecule has 0 heterocycles. The molecule has 1 aliphatic rings. The molecule has 8 nitrogen and oxygen atoms in total. The number of carbonyl (C=O) groups is 1. The van der Waals surface area contributed by atoms with E-state index in [-0.39, 0.29) is 17.6 Å². The molecule has 0 radical (unpaired) electrons. The summed E-state index contributed by atoms with van der Waals surface area (Å²) in [5.41, 5.74) is 0.359. The van der Waals surface area contributed by atoms with Crippen LogP contribution in [0.25, 0.3) is 0 Å². The van der Waals surface area contributed by atoms with Crippen molar-refractivity contribution in [1.82, 2.24) is 4.90 Å². The first-order chi connectivity index (χ1) is 16.9. The number of hydrogen-bond acceptors (Lipinski definition) is 6. The second-order valence-electron chi connectivity index (χ2n) is 9.15. The molecule has 2 aromatic rings. The van der Waals surface area contributed by atoms with Gasteiger partial charge >= 0.3 is 0 Å². The minimum Gasteiger partial charge on any atom is -0.493 e. The number of amides is 1. The number of para-hydroxylation sites is 2. The highest BCUT2D eigenvalue weighted by atomic mass is 16.6. The van der Waals surface area contributed by atoms with Gasteiger partial charge in [-0.3, -0.25) is 14.9 Å². The van der Waals surface area contributed by atoms with E-state index in [1.54, 1.807) is 31.4 Å². The molecule has 1 atom stereocenters. The maximum absolute atomic E-state index is 12.9. The number of anilines is 1. The smallest absolute Gasteiger partial charge is 0.292 e. The predicted molar refractivity (Wildman–Crippen MR) is 137 cm³/mol. The highest BCUT2D eigenvalue weighted by Crippen LogP contribution is 2.36. The van der Waals surface area contributed by atoms with Crippen LogP contribution in [-0.2, 0) is 4.79 Å². The van der Waals surface area contributed by atoms with Crippen LogP contribution in [0.2, 0.25) is 0 Å². The number of hydrogen-bond donors (Lipinski definition) is 1. The lowest BCUT2D eigenvalue weighted by Crippen LogP contribution is -2.38. The third-order valence-electron chi connectivity index (χ3n) is 6.68. The fourth-order valence-electron chi connectivity index (χ4n) is 4.69. The first kappa shape index (κ1) is 26.3. The van der Waals surface area contributed by atoms with Gasteiger partial charge in [-0.05, 0) is 43.9 Å². The quantitative estimate of drug-likeness (QED) is 0.272. The van der Waals surface area contributed by atoms with Crippen LogP contribution in [0.5, 0.6) is 17.2 Å². The average molecular weight is 484 g/mol. The number of nitro groups is 1. The van der Waals surface area contributed by atoms with E-state index < -0.39 is 4.92 Å². The van der Waals surface area contributed by atoms with Crippen LogP contribution in [0.1, 0.15) is 64.7 Å². The molecular weight excluding hydrogens is 446 g/mol. The van der Waals surface area contributed by atoms with Gasteiger partial charge in [-0.1, -0.05) is 44.7 Å². The molecule has 190 valence electrons. The van der Waals surface area contributed by atoms with E-state index in [2.05, 4.69) is 12.2 Å². The molecule has 0 aliphatic heterocycles. The molecule has 2 aromatic carbocycles. The summed E-state index contributed by atoms with van der Waals surface area (Å²) in [5.74, 6) is 1.70. The summed E-state index contributed by atoms with van der Waals surface area (Å²) >= 11 is 0. The van der Waals surface area contributed by atoms with Crippen molar-refractivity contribution in [2.24, 2.45) is 0 Å². The summed E-state index contributed by atoms with van der Waals surface area (Å²) in [6.45, 7) is 2.07. The van der Waals surface area contributed by atoms with Gasteiger partial charge in [-0.2, -0.15) is 0 Å². The van der Waals surface area contributed by atoms with Crippen LogP contribution >= 0.6 is 0 Å². The van der Waals surface area contributed by atoms with E-state index in [9.17, 15) is 14.9 Å². The number of methoxy groups -OCH3 is 1. The molecule has 1 aliphatic carbocycles. The Morgan fingerprint density at radius 2 is 1.86 bits per heavy atom. The monoisotopic (exact) mass is 483 g/mol. The van der Waals surface area contributed by atoms with Gasteiger partial charge in [0, 0.05) is 37.7 Å². The molecule has 0 bridgehead atoms. The lowest BCUT2D eigenvalue weighted by molar-refractivity contribution is -0.384. The van der Waals surface area contributed by atoms with Gasteiger partial charge in [0.25, 0.3) is 5.69 Å². The third-order valence-corrected chi connectivity index (χ3v) is 6.68. The molecule has 0 saturated heterocycles. The van der Waals surface area contributed by atoms with Crippen LogP contribution in [0.15, 0.2) is 42.5 Å². The minimum atomic E-state index is -0.403. The van der Waals surface area contributed by atoms with Gasteiger partial charge in [0.05, 0.1) is 12.0 Å². The summed E-state index contributed by atoms with van der Waals surface area (Å²) in [7, 11) is 3.47. The Balaban J connectivity index is 1.72. The van der Waals surface area contributed by atoms with Crippen molar-refractivity contribution >= 4 is 17.3 Å². The van der Waals surface area contributed by atoms with Crippen molar-refractivity contribution in [1.29, 1.82) is 0 Å². The van der Waals surface area contributed by atoms with Gasteiger partial charge in [0.1, 0.15) is 11.4 Å². The zero-order chi connectivity index (χ0) is 25.2. The second-order valence-corrected chi connectivity index (χ2v) is 9.15. The normalized spacial score (nSPS) is 14.7. The number of carbonyl (C=O) groups excluding carboxylic acids is 1. The number of rotatable bonds is 12. The van der Waals surface area contributed by atoms with Gasteiger partial charge in [-0.15, -0.1) is 0 Å². The largest absolute Gasteiger partial charge is 0.493 e. The van der Waals surface area contributed by atoms with Crippen molar-refractivity contribution in [3.63, 3.8) is 0 Å². The highest BCUT2D eigenvalue weighted by Gasteiger charge is 2.24. The maximum Gasteiger partial charge on any atom is 0.292 e. The van der Waals surface area contributed by atoms with Crippen LogP contribution in [0.3, 0.4) is 0 Å². The summed E-state index contributed by atoms with van der Waals surface area (Å²) in [6, 6.07) is 12.2. The van der Waals surface area contributed by atoms with Crippen molar-refractivity contribution in [2.75, 3.05) is 19.5 Å². The molecule has 8 heteroatoms. The third kappa shape index (κ3) is 7.34. The zero-order valence-electron chi connectivity index (χ0n) is 21.0. The number of ether oxygens (including phenoxy) is 2. The Kier molecular flexibility index (Phi) is 9.76. The Morgan fingerprint density at radius 1 is 1.14 bits per heavy atom. The van der Waals surface area contributed by atoms with Crippen molar-refractivity contribution in [3.8, 4) is 17.2 Å². The molecular formula is C27H37N3O5. The van der Waals surface area contributed by atoms with Gasteiger partial charge in [-0.25, -0.2) is 0 Å². The average Bonchev–Trinajstić information content (AvgIpc) is 2.87. The molecule has 3 rings (SSSR count). The molecule has 1 saturated carbocycles. The van der Waals surface area contributed by atoms with E-state index in [1.807, 2.05) is 24.1 Å². The molecule has 1 unspecified atom stereocenters. The minimum absolute atomic E-state index is 0.0240. The SMILES string of the molecule is CCCC(CCC(=O)N(C)C1CCCCC1)Nc1cc(Oc2ccccc2OC)ccc1[N+](=O)[O-]. The van der Waals surface area contributed by atoms with E-state index in [0.717, 1.165) is 25.7 Å². The van der Waals surface area contributed by atoms with E-state index in [0.29, 0.717) is 41.8 Å². The van der Waals surface area contributed by atoms with Gasteiger partial charge in [0.2, 0.25) is 5.91 Å². The van der Waals surface area contributed by atoms with Gasteiger partial charge < -0.3 is 19.7 Å². The number of nitrogens with one attached hydrogen (secondary N) is 1. The van der Waals surface area contributed by atoms with Crippen LogP contribution < -0.4 is 14.8 Å². The van der Waals surface area contributed by atoms with Crippen molar-refractivity contribution in [3.05, 3.63) is 52.6 Å². The summed E-state index contributed by atoms with van der Waals surface area (Å²) in [5, 5.41) is 15.0. The fourth-order valence-corrected chi connectivity index (χ4v) is 4.69. The molecule has 1 amide bonds. The van der Waals surface area contributed by atoms with Crippen LogP contribution in [0, 0.1) is 10.1 Å². The maximum atomic E-state index is 12.9. The van der Waals surface area contributed by atoms with Gasteiger partial charge in [0.15, 0.2) is 11.5 Å². The zero-order valence-corrected chi connectivity index (χ0v) is 21.0. The molecule has 0 spiro atoms. The second kappa shape index (κ2) is 13.0. The molecule has 1 N–H and O–H groups in total. The number of nitrogens with zero attached hydrogens (tertiary/aromatic N) is 2. The Morgan fingerprint density at radius 3 is 2.51 bits per heavy atom. The number of benzene rings is 2. The standard InChI is InChI=1S/C27H37N3O5/c1-4-10-20(15-18-27(31)29(2)21-11-6-5-7-12-21)28-23-19-22(16-17-24(23)30(32)33)35-26-14-9-8-13-25(26)34-3/h8-9,13-14,16-17,19-21,28H,4-7,10-12,15,18H2,1-3H3. The number of nitro benzene ring substituents is 1. The highest BCUT2D eigenvalue weighted by molar-refractivity contribution is 5.76. The fraction of sp³-hybridized carbons (Fsp3) is 0.519. The Hall–Kier alpha value is -3.29. The molecule has 35 heavy (non-hydrogen) atoms. The predicted octanol–water partition coefficient (Wildman–Crippen LogP) is 6.55. The summed E-state index contributed by atoms with van der Waals surface area (Å²) in [6.07, 6.45) is 8.48. The van der Waals surface area contributed by atoms with Crippen LogP contribution in [0.4, 0.5) is 11.4 Å². The lowest BCUT2D eigenvalue weighted by atomic mass is 9.94.